The molecule has 0 aliphatic carbocycles. The van der Waals surface area contributed by atoms with Crippen molar-refractivity contribution in [2.75, 3.05) is 9.80 Å². The van der Waals surface area contributed by atoms with Crippen molar-refractivity contribution in [2.45, 2.75) is 19.8 Å². The molecule has 0 saturated carbocycles. The third-order valence-corrected chi connectivity index (χ3v) is 14.6. The van der Waals surface area contributed by atoms with Gasteiger partial charge in [-0.15, -0.1) is 0 Å². The number of hydrogen-bond donors (Lipinski definition) is 0. The zero-order valence-electron chi connectivity index (χ0n) is 41.4. The van der Waals surface area contributed by atoms with E-state index in [1.165, 1.54) is 27.8 Å². The molecule has 0 atom stereocenters. The molecule has 0 amide bonds. The minimum atomic E-state index is 0.459. The van der Waals surface area contributed by atoms with Gasteiger partial charge in [-0.3, -0.25) is 0 Å². The van der Waals surface area contributed by atoms with Gasteiger partial charge in [0, 0.05) is 44.5 Å². The van der Waals surface area contributed by atoms with Crippen LogP contribution in [-0.2, 0) is 0 Å². The lowest BCUT2D eigenvalue weighted by Gasteiger charge is -2.30. The first-order valence-electron chi connectivity index (χ1n) is 25.6. The van der Waals surface area contributed by atoms with Crippen molar-refractivity contribution in [1.82, 2.24) is 0 Å². The Morgan fingerprint density at radius 1 is 0.284 bits per heavy atom. The predicted octanol–water partition coefficient (Wildman–Crippen LogP) is 20.6. The van der Waals surface area contributed by atoms with Crippen molar-refractivity contribution in [1.29, 1.82) is 0 Å². The van der Waals surface area contributed by atoms with Crippen LogP contribution in [0.1, 0.15) is 25.3 Å². The largest absolute Gasteiger partial charge is 0.456 e. The summed E-state index contributed by atoms with van der Waals surface area (Å²) in [5.41, 5.74) is 18.9. The molecule has 352 valence electrons. The molecule has 0 N–H and O–H groups in total. The minimum absolute atomic E-state index is 0.459. The van der Waals surface area contributed by atoms with Crippen LogP contribution in [0.25, 0.3) is 88.0 Å². The van der Waals surface area contributed by atoms with Gasteiger partial charge in [0.1, 0.15) is 11.2 Å². The molecule has 1 heterocycles. The first kappa shape index (κ1) is 44.5. The van der Waals surface area contributed by atoms with Gasteiger partial charge >= 0.3 is 0 Å². The molecule has 0 fully saturated rings. The highest BCUT2D eigenvalue weighted by atomic mass is 16.3. The molecule has 0 aliphatic heterocycles. The summed E-state index contributed by atoms with van der Waals surface area (Å²) < 4.78 is 6.89. The van der Waals surface area contributed by atoms with Crippen molar-refractivity contribution in [2.24, 2.45) is 0 Å². The molecular formula is C71H52N2O. The van der Waals surface area contributed by atoms with E-state index < -0.39 is 0 Å². The van der Waals surface area contributed by atoms with Gasteiger partial charge in [0.15, 0.2) is 0 Å². The summed E-state index contributed by atoms with van der Waals surface area (Å²) in [6, 6.07) is 98.9. The summed E-state index contributed by atoms with van der Waals surface area (Å²) in [5, 5.41) is 6.72. The lowest BCUT2D eigenvalue weighted by atomic mass is 9.97. The summed E-state index contributed by atoms with van der Waals surface area (Å²) in [5.74, 6) is 0.459. The Morgan fingerprint density at radius 2 is 0.649 bits per heavy atom. The molecule has 3 nitrogen and oxygen atoms in total. The maximum atomic E-state index is 6.89. The highest BCUT2D eigenvalue weighted by Gasteiger charge is 2.22. The SMILES string of the molecule is CC(C)c1ccc(-c2ccccc2N(c2ccc(-c3ccccc3)cc2)c2ccc3cc4c(cc3c2)oc2cc3cc(N(c5ccccc5-c5ccccc5)c5ccccc5-c5ccccc5)ccc3cc24)cc1. The van der Waals surface area contributed by atoms with Crippen molar-refractivity contribution >= 4 is 77.6 Å². The van der Waals surface area contributed by atoms with Gasteiger partial charge < -0.3 is 14.2 Å². The molecule has 0 bridgehead atoms. The van der Waals surface area contributed by atoms with Crippen molar-refractivity contribution in [3.05, 3.63) is 279 Å². The van der Waals surface area contributed by atoms with Gasteiger partial charge in [-0.05, 0) is 140 Å². The fourth-order valence-corrected chi connectivity index (χ4v) is 10.8. The summed E-state index contributed by atoms with van der Waals surface area (Å²) in [6.07, 6.45) is 0. The number of fused-ring (bicyclic) bond motifs is 5. The molecule has 12 aromatic carbocycles. The van der Waals surface area contributed by atoms with Crippen LogP contribution in [0.2, 0.25) is 0 Å². The van der Waals surface area contributed by atoms with Gasteiger partial charge in [-0.2, -0.15) is 0 Å². The average Bonchev–Trinajstić information content (AvgIpc) is 3.81. The summed E-state index contributed by atoms with van der Waals surface area (Å²) in [6.45, 7) is 4.49. The van der Waals surface area contributed by atoms with Crippen LogP contribution >= 0.6 is 0 Å². The highest BCUT2D eigenvalue weighted by Crippen LogP contribution is 2.47. The molecule has 0 saturated heterocycles. The van der Waals surface area contributed by atoms with Gasteiger partial charge in [0.2, 0.25) is 0 Å². The number of hydrogen-bond acceptors (Lipinski definition) is 3. The standard InChI is InChI=1S/C71H52N2O/c1-48(2)49-30-32-54(33-31-49)64-26-12-15-27-67(64)72(59-38-34-51(35-39-59)50-18-6-3-7-19-50)60-40-36-55-44-65-66-45-56-37-41-61(43-58(56)47-71(66)74-70(65)46-57(55)42-60)73(68-28-16-13-24-62(68)52-20-8-4-9-21-52)69-29-17-14-25-63(69)53-22-10-5-11-23-53/h3-48H,1-2H3. The van der Waals surface area contributed by atoms with E-state index in [4.69, 9.17) is 4.42 Å². The van der Waals surface area contributed by atoms with Crippen LogP contribution in [0.3, 0.4) is 0 Å². The second-order valence-corrected chi connectivity index (χ2v) is 19.5. The summed E-state index contributed by atoms with van der Waals surface area (Å²) in [7, 11) is 0. The Hall–Kier alpha value is -9.44. The Kier molecular flexibility index (Phi) is 11.4. The number of furan rings is 1. The van der Waals surface area contributed by atoms with E-state index in [2.05, 4.69) is 297 Å². The monoisotopic (exact) mass is 948 g/mol. The topological polar surface area (TPSA) is 19.6 Å². The fraction of sp³-hybridized carbons (Fsp3) is 0.0423. The summed E-state index contributed by atoms with van der Waals surface area (Å²) in [4.78, 5) is 4.81. The minimum Gasteiger partial charge on any atom is -0.456 e. The van der Waals surface area contributed by atoms with E-state index in [9.17, 15) is 0 Å². The quantitative estimate of drug-likeness (QED) is 0.129. The Bertz CT molecular complexity index is 4060. The zero-order chi connectivity index (χ0) is 49.5. The molecule has 1 aromatic heterocycles. The first-order valence-corrected chi connectivity index (χ1v) is 25.6. The number of para-hydroxylation sites is 3. The lowest BCUT2D eigenvalue weighted by Crippen LogP contribution is -2.12. The van der Waals surface area contributed by atoms with Crippen LogP contribution < -0.4 is 9.80 Å². The van der Waals surface area contributed by atoms with E-state index in [0.717, 1.165) is 99.9 Å². The number of anilines is 6. The molecule has 0 unspecified atom stereocenters. The van der Waals surface area contributed by atoms with Gasteiger partial charge in [0.25, 0.3) is 0 Å². The van der Waals surface area contributed by atoms with E-state index in [1.807, 2.05) is 0 Å². The number of rotatable bonds is 11. The second-order valence-electron chi connectivity index (χ2n) is 19.5. The third-order valence-electron chi connectivity index (χ3n) is 14.6. The van der Waals surface area contributed by atoms with Crippen molar-refractivity contribution in [3.63, 3.8) is 0 Å². The van der Waals surface area contributed by atoms with Gasteiger partial charge in [0.05, 0.1) is 17.1 Å². The van der Waals surface area contributed by atoms with E-state index in [1.54, 1.807) is 0 Å². The average molecular weight is 949 g/mol. The van der Waals surface area contributed by atoms with Crippen LogP contribution in [0, 0.1) is 0 Å². The molecule has 0 spiro atoms. The fourth-order valence-electron chi connectivity index (χ4n) is 10.8. The van der Waals surface area contributed by atoms with Crippen molar-refractivity contribution < 1.29 is 4.42 Å². The third kappa shape index (κ3) is 8.25. The highest BCUT2D eigenvalue weighted by molar-refractivity contribution is 6.14. The molecule has 0 radical (unpaired) electrons. The Balaban J connectivity index is 0.929. The van der Waals surface area contributed by atoms with E-state index >= 15 is 0 Å². The van der Waals surface area contributed by atoms with Gasteiger partial charge in [-0.1, -0.05) is 208 Å². The van der Waals surface area contributed by atoms with Crippen LogP contribution in [-0.4, -0.2) is 0 Å². The first-order chi connectivity index (χ1) is 36.5. The van der Waals surface area contributed by atoms with E-state index in [-0.39, 0.29) is 0 Å². The smallest absolute Gasteiger partial charge is 0.136 e. The second kappa shape index (κ2) is 19.0. The molecule has 74 heavy (non-hydrogen) atoms. The lowest BCUT2D eigenvalue weighted by molar-refractivity contribution is 0.670. The molecule has 13 rings (SSSR count). The van der Waals surface area contributed by atoms with Crippen LogP contribution in [0.4, 0.5) is 34.1 Å². The van der Waals surface area contributed by atoms with Crippen LogP contribution in [0.15, 0.2) is 277 Å². The predicted molar refractivity (Wildman–Crippen MR) is 314 cm³/mol. The molecule has 3 heteroatoms. The number of nitrogens with zero attached hydrogens (tertiary/aromatic N) is 2. The zero-order valence-corrected chi connectivity index (χ0v) is 41.4. The maximum Gasteiger partial charge on any atom is 0.136 e. The Labute approximate surface area is 432 Å². The van der Waals surface area contributed by atoms with Gasteiger partial charge in [-0.25, -0.2) is 0 Å². The maximum absolute atomic E-state index is 6.89. The van der Waals surface area contributed by atoms with E-state index in [0.29, 0.717) is 5.92 Å². The molecule has 13 aromatic rings. The number of benzene rings is 12. The molecule has 0 aliphatic rings. The van der Waals surface area contributed by atoms with Crippen molar-refractivity contribution in [3.8, 4) is 44.5 Å². The molecular weight excluding hydrogens is 897 g/mol. The Morgan fingerprint density at radius 3 is 1.12 bits per heavy atom. The normalized spacial score (nSPS) is 11.5. The van der Waals surface area contributed by atoms with Crippen LogP contribution in [0.5, 0.6) is 0 Å². The summed E-state index contributed by atoms with van der Waals surface area (Å²) >= 11 is 0.